The average molecular weight is 495 g/mol. The van der Waals surface area contributed by atoms with Crippen molar-refractivity contribution in [3.8, 4) is 23.1 Å². The highest BCUT2D eigenvalue weighted by Crippen LogP contribution is 2.33. The number of aromatic nitrogens is 3. The molecular formula is C22H15F6N5O2. The Balaban J connectivity index is 1.60. The number of hydrogen-bond donors (Lipinski definition) is 1. The molecule has 3 aromatic rings. The summed E-state index contributed by atoms with van der Waals surface area (Å²) in [7, 11) is 0. The number of alkyl halides is 6. The number of ether oxygens (including phenoxy) is 1. The Kier molecular flexibility index (Phi) is 6.14. The standard InChI is InChI=1S/C22H15F6N5O2/c23-21(24,25)19-9-13(3-4-30-19)17-10-18-16(2-1-5-33(18)32-17)31-20(34)14-6-12(11-29)7-15(8-14)35-22(26,27)28/h3-4,6-10,16H,1-2,5H2,(H,31,34). The topological polar surface area (TPSA) is 92.8 Å². The Hall–Kier alpha value is -4.08. The Labute approximate surface area is 193 Å². The summed E-state index contributed by atoms with van der Waals surface area (Å²) in [6.45, 7) is 0.465. The monoisotopic (exact) mass is 495 g/mol. The van der Waals surface area contributed by atoms with Crippen LogP contribution >= 0.6 is 0 Å². The molecule has 13 heteroatoms. The number of nitrogens with one attached hydrogen (secondary N) is 1. The molecule has 7 nitrogen and oxygen atoms in total. The van der Waals surface area contributed by atoms with E-state index < -0.39 is 35.9 Å². The molecule has 1 amide bonds. The van der Waals surface area contributed by atoms with Crippen LogP contribution in [0.4, 0.5) is 26.3 Å². The molecule has 0 fully saturated rings. The number of rotatable bonds is 4. The summed E-state index contributed by atoms with van der Waals surface area (Å²) in [6, 6.07) is 7.71. The van der Waals surface area contributed by atoms with E-state index in [2.05, 4.69) is 20.1 Å². The number of pyridine rings is 1. The van der Waals surface area contributed by atoms with Crippen LogP contribution in [-0.2, 0) is 12.7 Å². The lowest BCUT2D eigenvalue weighted by atomic mass is 10.0. The number of amides is 1. The van der Waals surface area contributed by atoms with Crippen LogP contribution in [0, 0.1) is 11.3 Å². The predicted molar refractivity (Wildman–Crippen MR) is 108 cm³/mol. The predicted octanol–water partition coefficient (Wildman–Crippen LogP) is 5.00. The summed E-state index contributed by atoms with van der Waals surface area (Å²) in [6.07, 6.45) is -7.56. The summed E-state index contributed by atoms with van der Waals surface area (Å²) in [5.74, 6) is -1.46. The highest BCUT2D eigenvalue weighted by molar-refractivity contribution is 5.95. The first-order valence-corrected chi connectivity index (χ1v) is 10.2. The van der Waals surface area contributed by atoms with E-state index in [0.717, 1.165) is 30.5 Å². The molecule has 182 valence electrons. The quantitative estimate of drug-likeness (QED) is 0.515. The molecule has 1 N–H and O–H groups in total. The molecule has 0 saturated carbocycles. The van der Waals surface area contributed by atoms with Gasteiger partial charge in [-0.05, 0) is 49.2 Å². The number of carbonyl (C=O) groups is 1. The van der Waals surface area contributed by atoms with Crippen molar-refractivity contribution in [3.63, 3.8) is 0 Å². The van der Waals surface area contributed by atoms with Crippen LogP contribution in [0.25, 0.3) is 11.3 Å². The SMILES string of the molecule is N#Cc1cc(OC(F)(F)F)cc(C(=O)NC2CCCn3nc(-c4ccnc(C(F)(F)F)c4)cc32)c1. The third-order valence-electron chi connectivity index (χ3n) is 5.21. The van der Waals surface area contributed by atoms with Gasteiger partial charge in [0.15, 0.2) is 0 Å². The van der Waals surface area contributed by atoms with E-state index in [0.29, 0.717) is 25.1 Å². The van der Waals surface area contributed by atoms with Gasteiger partial charge >= 0.3 is 12.5 Å². The number of benzene rings is 1. The van der Waals surface area contributed by atoms with Gasteiger partial charge in [-0.25, -0.2) is 0 Å². The van der Waals surface area contributed by atoms with Crippen LogP contribution in [0.3, 0.4) is 0 Å². The molecular weight excluding hydrogens is 480 g/mol. The average Bonchev–Trinajstić information content (AvgIpc) is 3.22. The summed E-state index contributed by atoms with van der Waals surface area (Å²) >= 11 is 0. The number of carbonyl (C=O) groups excluding carboxylic acids is 1. The molecule has 1 aliphatic rings. The molecule has 35 heavy (non-hydrogen) atoms. The number of aryl methyl sites for hydroxylation is 1. The second-order valence-electron chi connectivity index (χ2n) is 7.68. The van der Waals surface area contributed by atoms with E-state index in [1.165, 1.54) is 6.07 Å². The Morgan fingerprint density at radius 2 is 1.91 bits per heavy atom. The number of nitrogens with zero attached hydrogens (tertiary/aromatic N) is 4. The van der Waals surface area contributed by atoms with Gasteiger partial charge in [-0.3, -0.25) is 14.5 Å². The minimum Gasteiger partial charge on any atom is -0.406 e. The Bertz CT molecular complexity index is 1310. The molecule has 1 unspecified atom stereocenters. The zero-order valence-corrected chi connectivity index (χ0v) is 17.6. The lowest BCUT2D eigenvalue weighted by molar-refractivity contribution is -0.274. The van der Waals surface area contributed by atoms with Gasteiger partial charge in [0.05, 0.1) is 29.1 Å². The molecule has 1 aliphatic heterocycles. The molecule has 0 spiro atoms. The van der Waals surface area contributed by atoms with E-state index >= 15 is 0 Å². The van der Waals surface area contributed by atoms with Crippen LogP contribution in [0.2, 0.25) is 0 Å². The van der Waals surface area contributed by atoms with Crippen molar-refractivity contribution in [2.45, 2.75) is 38.0 Å². The van der Waals surface area contributed by atoms with Crippen molar-refractivity contribution in [1.82, 2.24) is 20.1 Å². The minimum absolute atomic E-state index is 0.190. The van der Waals surface area contributed by atoms with Gasteiger partial charge in [0, 0.05) is 23.9 Å². The molecule has 4 rings (SSSR count). The highest BCUT2D eigenvalue weighted by Gasteiger charge is 2.34. The smallest absolute Gasteiger partial charge is 0.406 e. The third-order valence-corrected chi connectivity index (χ3v) is 5.21. The largest absolute Gasteiger partial charge is 0.573 e. The lowest BCUT2D eigenvalue weighted by Crippen LogP contribution is -2.32. The molecule has 1 atom stereocenters. The molecule has 0 radical (unpaired) electrons. The maximum absolute atomic E-state index is 13.0. The summed E-state index contributed by atoms with van der Waals surface area (Å²) in [5.41, 5.74) is -0.528. The van der Waals surface area contributed by atoms with Crippen LogP contribution < -0.4 is 10.1 Å². The maximum atomic E-state index is 13.0. The van der Waals surface area contributed by atoms with Gasteiger partial charge in [0.1, 0.15) is 11.4 Å². The first kappa shape index (κ1) is 24.1. The van der Waals surface area contributed by atoms with Gasteiger partial charge in [-0.1, -0.05) is 0 Å². The molecule has 0 aliphatic carbocycles. The molecule has 0 saturated heterocycles. The van der Waals surface area contributed by atoms with E-state index in [9.17, 15) is 31.1 Å². The van der Waals surface area contributed by atoms with E-state index in [1.54, 1.807) is 16.8 Å². The van der Waals surface area contributed by atoms with Crippen molar-refractivity contribution >= 4 is 5.91 Å². The van der Waals surface area contributed by atoms with Crippen molar-refractivity contribution in [2.75, 3.05) is 0 Å². The molecule has 3 heterocycles. The second-order valence-corrected chi connectivity index (χ2v) is 7.68. The number of halogens is 6. The minimum atomic E-state index is -5.01. The van der Waals surface area contributed by atoms with Crippen molar-refractivity contribution in [3.05, 3.63) is 65.1 Å². The van der Waals surface area contributed by atoms with E-state index in [1.807, 2.05) is 0 Å². The van der Waals surface area contributed by atoms with Crippen LogP contribution in [0.5, 0.6) is 5.75 Å². The maximum Gasteiger partial charge on any atom is 0.573 e. The van der Waals surface area contributed by atoms with Crippen molar-refractivity contribution in [1.29, 1.82) is 5.26 Å². The fourth-order valence-electron chi connectivity index (χ4n) is 3.74. The highest BCUT2D eigenvalue weighted by atomic mass is 19.4. The molecule has 0 bridgehead atoms. The Morgan fingerprint density at radius 1 is 1.14 bits per heavy atom. The van der Waals surface area contributed by atoms with Crippen LogP contribution in [0.15, 0.2) is 42.6 Å². The zero-order chi connectivity index (χ0) is 25.4. The Morgan fingerprint density at radius 3 is 2.60 bits per heavy atom. The van der Waals surface area contributed by atoms with Crippen LogP contribution in [0.1, 0.15) is 46.2 Å². The van der Waals surface area contributed by atoms with Gasteiger partial charge in [0.25, 0.3) is 5.91 Å². The number of fused-ring (bicyclic) bond motifs is 1. The third kappa shape index (κ3) is 5.53. The molecule has 2 aromatic heterocycles. The summed E-state index contributed by atoms with van der Waals surface area (Å²) < 4.78 is 82.3. The lowest BCUT2D eigenvalue weighted by Gasteiger charge is -2.24. The molecule has 1 aromatic carbocycles. The fraction of sp³-hybridized carbons (Fsp3) is 0.273. The van der Waals surface area contributed by atoms with Gasteiger partial charge in [0.2, 0.25) is 0 Å². The van der Waals surface area contributed by atoms with Crippen molar-refractivity contribution in [2.24, 2.45) is 0 Å². The van der Waals surface area contributed by atoms with E-state index in [-0.39, 0.29) is 22.4 Å². The first-order valence-electron chi connectivity index (χ1n) is 10.2. The van der Waals surface area contributed by atoms with Gasteiger partial charge in [-0.15, -0.1) is 13.2 Å². The number of nitriles is 1. The zero-order valence-electron chi connectivity index (χ0n) is 17.6. The number of hydrogen-bond acceptors (Lipinski definition) is 5. The fourth-order valence-corrected chi connectivity index (χ4v) is 3.74. The first-order chi connectivity index (χ1) is 16.4. The van der Waals surface area contributed by atoms with E-state index in [4.69, 9.17) is 5.26 Å². The van der Waals surface area contributed by atoms with Gasteiger partial charge < -0.3 is 10.1 Å². The summed E-state index contributed by atoms with van der Waals surface area (Å²) in [5, 5.41) is 16.1. The van der Waals surface area contributed by atoms with Gasteiger partial charge in [-0.2, -0.15) is 23.5 Å². The van der Waals surface area contributed by atoms with Crippen molar-refractivity contribution < 1.29 is 35.9 Å². The normalized spacial score (nSPS) is 15.7. The van der Waals surface area contributed by atoms with Crippen LogP contribution in [-0.4, -0.2) is 27.0 Å². The second kappa shape index (κ2) is 8.94. The summed E-state index contributed by atoms with van der Waals surface area (Å²) in [4.78, 5) is 16.1.